The zero-order valence-corrected chi connectivity index (χ0v) is 17.7. The first-order valence-electron chi connectivity index (χ1n) is 9.11. The molecule has 0 unspecified atom stereocenters. The zero-order chi connectivity index (χ0) is 19.9. The highest BCUT2D eigenvalue weighted by Gasteiger charge is 2.41. The van der Waals surface area contributed by atoms with E-state index in [0.29, 0.717) is 21.8 Å². The number of benzene rings is 1. The molecule has 146 valence electrons. The molecule has 0 fully saturated rings. The number of hydrogen-bond acceptors (Lipinski definition) is 5. The minimum Gasteiger partial charge on any atom is -0.379 e. The molecule has 0 bridgehead atoms. The van der Waals surface area contributed by atoms with E-state index in [2.05, 4.69) is 23.3 Å². The molecule has 4 rings (SSSR count). The van der Waals surface area contributed by atoms with Gasteiger partial charge in [-0.1, -0.05) is 41.0 Å². The van der Waals surface area contributed by atoms with E-state index in [9.17, 15) is 4.79 Å². The lowest BCUT2D eigenvalue weighted by Gasteiger charge is -2.37. The molecule has 0 spiro atoms. The molecule has 0 saturated carbocycles. The molecule has 1 aliphatic heterocycles. The van der Waals surface area contributed by atoms with E-state index in [0.717, 1.165) is 30.6 Å². The number of pyridine rings is 1. The van der Waals surface area contributed by atoms with Crippen molar-refractivity contribution >= 4 is 51.7 Å². The maximum Gasteiger partial charge on any atom is 0.275 e. The molecule has 8 heteroatoms. The molecule has 3 N–H and O–H groups in total. The van der Waals surface area contributed by atoms with Gasteiger partial charge < -0.3 is 11.1 Å². The molecule has 2 atom stereocenters. The maximum atomic E-state index is 12.6. The van der Waals surface area contributed by atoms with E-state index in [-0.39, 0.29) is 22.2 Å². The van der Waals surface area contributed by atoms with Crippen LogP contribution in [0, 0.1) is 5.92 Å². The second kappa shape index (κ2) is 7.58. The van der Waals surface area contributed by atoms with E-state index >= 15 is 0 Å². The van der Waals surface area contributed by atoms with Crippen LogP contribution in [0.4, 0.5) is 5.69 Å². The van der Waals surface area contributed by atoms with Gasteiger partial charge in [0, 0.05) is 17.6 Å². The number of aryl methyl sites for hydroxylation is 1. The number of nitrogens with two attached hydrogens (primary N) is 1. The molecule has 5 nitrogen and oxygen atoms in total. The van der Waals surface area contributed by atoms with Crippen molar-refractivity contribution in [2.75, 3.05) is 11.1 Å². The topological polar surface area (TPSA) is 80.4 Å². The van der Waals surface area contributed by atoms with E-state index in [1.807, 2.05) is 12.1 Å². The Labute approximate surface area is 178 Å². The average molecular weight is 435 g/mol. The third-order valence-corrected chi connectivity index (χ3v) is 6.96. The first-order chi connectivity index (χ1) is 13.4. The van der Waals surface area contributed by atoms with Crippen LogP contribution in [0.1, 0.15) is 41.4 Å². The fourth-order valence-electron chi connectivity index (χ4n) is 4.00. The van der Waals surface area contributed by atoms with Gasteiger partial charge in [0.25, 0.3) is 5.91 Å². The highest BCUT2D eigenvalue weighted by molar-refractivity contribution is 8.13. The highest BCUT2D eigenvalue weighted by atomic mass is 35.5. The Hall–Kier alpha value is -1.76. The van der Waals surface area contributed by atoms with E-state index in [1.165, 1.54) is 17.8 Å². The predicted octanol–water partition coefficient (Wildman–Crippen LogP) is 4.87. The molecule has 1 aromatic carbocycles. The fourth-order valence-corrected chi connectivity index (χ4v) is 5.58. The summed E-state index contributed by atoms with van der Waals surface area (Å²) >= 11 is 13.6. The maximum absolute atomic E-state index is 12.6. The summed E-state index contributed by atoms with van der Waals surface area (Å²) in [6.45, 7) is 2.15. The number of anilines is 1. The summed E-state index contributed by atoms with van der Waals surface area (Å²) in [6.07, 6.45) is 4.64. The monoisotopic (exact) mass is 434 g/mol. The minimum absolute atomic E-state index is 0.140. The summed E-state index contributed by atoms with van der Waals surface area (Å²) < 4.78 is 0. The van der Waals surface area contributed by atoms with Gasteiger partial charge in [0.15, 0.2) is 5.17 Å². The number of carbonyl (C=O) groups is 1. The Morgan fingerprint density at radius 1 is 1.36 bits per heavy atom. The molecular weight excluding hydrogens is 415 g/mol. The normalized spacial score (nSPS) is 23.8. The first-order valence-corrected chi connectivity index (χ1v) is 10.8. The number of carbonyl (C=O) groups excluding carboxylic acids is 1. The van der Waals surface area contributed by atoms with E-state index in [1.54, 1.807) is 11.8 Å². The number of aromatic nitrogens is 1. The van der Waals surface area contributed by atoms with Gasteiger partial charge >= 0.3 is 0 Å². The zero-order valence-electron chi connectivity index (χ0n) is 15.3. The first kappa shape index (κ1) is 19.6. The Kier molecular flexibility index (Phi) is 5.29. The number of aliphatic imine (C=N–C) groups is 1. The van der Waals surface area contributed by atoms with Gasteiger partial charge in [-0.3, -0.25) is 9.79 Å². The summed E-state index contributed by atoms with van der Waals surface area (Å²) in [5, 5.41) is 4.12. The van der Waals surface area contributed by atoms with Crippen LogP contribution in [0.3, 0.4) is 0 Å². The summed E-state index contributed by atoms with van der Waals surface area (Å²) in [5.41, 5.74) is 8.91. The van der Waals surface area contributed by atoms with Crippen LogP contribution in [0.2, 0.25) is 10.0 Å². The SMILES string of the molecule is C[C@@]12N=C(N)SC[C@@H]1CCCc1ccc(NC(=O)c3ncc(Cl)cc3Cl)cc12. The number of rotatable bonds is 2. The van der Waals surface area contributed by atoms with E-state index in [4.69, 9.17) is 33.9 Å². The Balaban J connectivity index is 1.69. The van der Waals surface area contributed by atoms with Gasteiger partial charge in [0.05, 0.1) is 15.6 Å². The number of halogens is 2. The molecule has 2 aromatic rings. The molecule has 28 heavy (non-hydrogen) atoms. The van der Waals surface area contributed by atoms with Crippen LogP contribution in [-0.2, 0) is 12.0 Å². The van der Waals surface area contributed by atoms with Gasteiger partial charge in [-0.05, 0) is 61.4 Å². The lowest BCUT2D eigenvalue weighted by Crippen LogP contribution is -2.37. The number of hydrogen-bond donors (Lipinski definition) is 2. The lowest BCUT2D eigenvalue weighted by molar-refractivity contribution is 0.102. The van der Waals surface area contributed by atoms with E-state index < -0.39 is 0 Å². The lowest BCUT2D eigenvalue weighted by atomic mass is 9.79. The third-order valence-electron chi connectivity index (χ3n) is 5.50. The number of nitrogens with zero attached hydrogens (tertiary/aromatic N) is 2. The number of thioether (sulfide) groups is 1. The van der Waals surface area contributed by atoms with Crippen molar-refractivity contribution in [3.63, 3.8) is 0 Å². The summed E-state index contributed by atoms with van der Waals surface area (Å²) in [4.78, 5) is 21.5. The van der Waals surface area contributed by atoms with Crippen LogP contribution < -0.4 is 11.1 Å². The van der Waals surface area contributed by atoms with Crippen molar-refractivity contribution in [3.05, 3.63) is 57.3 Å². The van der Waals surface area contributed by atoms with Crippen molar-refractivity contribution in [1.82, 2.24) is 4.98 Å². The highest BCUT2D eigenvalue weighted by Crippen LogP contribution is 2.46. The van der Waals surface area contributed by atoms with Gasteiger partial charge in [-0.25, -0.2) is 4.98 Å². The quantitative estimate of drug-likeness (QED) is 0.705. The second-order valence-electron chi connectivity index (χ2n) is 7.31. The van der Waals surface area contributed by atoms with Crippen molar-refractivity contribution in [3.8, 4) is 0 Å². The third kappa shape index (κ3) is 3.61. The Bertz CT molecular complexity index is 981. The van der Waals surface area contributed by atoms with Gasteiger partial charge in [-0.15, -0.1) is 0 Å². The summed E-state index contributed by atoms with van der Waals surface area (Å²) in [7, 11) is 0. The summed E-state index contributed by atoms with van der Waals surface area (Å²) in [6, 6.07) is 7.50. The average Bonchev–Trinajstić information content (AvgIpc) is 2.77. The molecule has 1 amide bonds. The van der Waals surface area contributed by atoms with Crippen LogP contribution in [0.5, 0.6) is 0 Å². The predicted molar refractivity (Wildman–Crippen MR) is 117 cm³/mol. The van der Waals surface area contributed by atoms with Crippen LogP contribution >= 0.6 is 35.0 Å². The molecule has 2 heterocycles. The molecule has 1 aliphatic carbocycles. The van der Waals surface area contributed by atoms with Gasteiger partial charge in [0.1, 0.15) is 5.69 Å². The Morgan fingerprint density at radius 3 is 2.96 bits per heavy atom. The molecular formula is C20H20Cl2N4OS. The van der Waals surface area contributed by atoms with Crippen LogP contribution in [-0.4, -0.2) is 21.8 Å². The molecule has 1 aromatic heterocycles. The standard InChI is InChI=1S/C20H20Cl2N4OS/c1-20-12(10-28-19(23)26-20)4-2-3-11-5-6-14(8-15(11)20)25-18(27)17-16(22)7-13(21)9-24-17/h5-9,12H,2-4,10H2,1H3,(H2,23,26)(H,25,27)/t12-,20+/m0/s1. The fraction of sp³-hybridized carbons (Fsp3) is 0.350. The number of nitrogens with one attached hydrogen (secondary N) is 1. The van der Waals surface area contributed by atoms with Crippen molar-refractivity contribution < 1.29 is 4.79 Å². The van der Waals surface area contributed by atoms with Crippen molar-refractivity contribution in [2.45, 2.75) is 31.7 Å². The second-order valence-corrected chi connectivity index (χ2v) is 9.19. The van der Waals surface area contributed by atoms with Crippen molar-refractivity contribution in [2.24, 2.45) is 16.6 Å². The summed E-state index contributed by atoms with van der Waals surface area (Å²) in [5.74, 6) is 1.01. The number of amides is 1. The van der Waals surface area contributed by atoms with Crippen LogP contribution in [0.25, 0.3) is 0 Å². The minimum atomic E-state index is -0.377. The number of fused-ring (bicyclic) bond motifs is 3. The molecule has 0 radical (unpaired) electrons. The van der Waals surface area contributed by atoms with Crippen molar-refractivity contribution in [1.29, 1.82) is 0 Å². The molecule has 0 saturated heterocycles. The van der Waals surface area contributed by atoms with Gasteiger partial charge in [0.2, 0.25) is 0 Å². The Morgan fingerprint density at radius 2 is 2.18 bits per heavy atom. The molecule has 2 aliphatic rings. The number of amidine groups is 1. The smallest absolute Gasteiger partial charge is 0.275 e. The van der Waals surface area contributed by atoms with Crippen LogP contribution in [0.15, 0.2) is 35.5 Å². The largest absolute Gasteiger partial charge is 0.379 e. The van der Waals surface area contributed by atoms with Gasteiger partial charge in [-0.2, -0.15) is 0 Å².